The molecule has 3 N–H and O–H groups in total. The molecule has 0 fully saturated rings. The smallest absolute Gasteiger partial charge is 0.446 e. The Morgan fingerprint density at radius 2 is 1.79 bits per heavy atom. The van der Waals surface area contributed by atoms with Crippen LogP contribution in [0, 0.1) is 0 Å². The molecule has 0 aromatic heterocycles. The molecule has 0 atom stereocenters. The van der Waals surface area contributed by atoms with Gasteiger partial charge in [-0.3, -0.25) is 10.2 Å². The molecule has 0 aliphatic carbocycles. The van der Waals surface area contributed by atoms with Gasteiger partial charge < -0.3 is 9.84 Å². The van der Waals surface area contributed by atoms with Gasteiger partial charge in [0.25, 0.3) is 15.9 Å². The van der Waals surface area contributed by atoms with Crippen LogP contribution in [0.3, 0.4) is 0 Å². The third-order valence-corrected chi connectivity index (χ3v) is 5.54. The molecule has 14 heteroatoms. The molecule has 0 aliphatic rings. The van der Waals surface area contributed by atoms with Crippen LogP contribution in [0.1, 0.15) is 0 Å². The van der Waals surface area contributed by atoms with Crippen molar-refractivity contribution in [2.75, 3.05) is 6.61 Å². The normalized spacial score (nSPS) is 11.9. The number of halogens is 5. The maximum atomic E-state index is 12.3. The number of carbonyl (C=O) groups is 1. The quantitative estimate of drug-likeness (QED) is 0.403. The van der Waals surface area contributed by atoms with E-state index in [0.29, 0.717) is 0 Å². The van der Waals surface area contributed by atoms with E-state index in [1.807, 2.05) is 5.43 Å². The number of hydrogen-bond acceptors (Lipinski definition) is 6. The van der Waals surface area contributed by atoms with E-state index in [-0.39, 0.29) is 32.5 Å². The first-order valence-electron chi connectivity index (χ1n) is 7.34. The molecule has 0 bridgehead atoms. The van der Waals surface area contributed by atoms with Crippen LogP contribution in [0.15, 0.2) is 46.2 Å². The van der Waals surface area contributed by atoms with Crippen LogP contribution in [0.4, 0.5) is 13.2 Å². The standard InChI is InChI=1S/C15H11Cl2F3N2O5S2/c16-8-5-11(17)14(24)12(6-8)29(25,26)22-21-13(23)7-27-9-1-3-10(4-2-9)28-15(18,19)20/h1-6,22,24H,7H2,(H,21,23). The topological polar surface area (TPSA) is 105 Å². The Labute approximate surface area is 177 Å². The van der Waals surface area contributed by atoms with Crippen LogP contribution in [0.5, 0.6) is 11.5 Å². The largest absolute Gasteiger partial charge is 0.505 e. The van der Waals surface area contributed by atoms with Crippen LogP contribution in [0.25, 0.3) is 0 Å². The number of nitrogens with one attached hydrogen (secondary N) is 2. The van der Waals surface area contributed by atoms with Crippen molar-refractivity contribution in [1.29, 1.82) is 0 Å². The lowest BCUT2D eigenvalue weighted by atomic mass is 10.3. The summed E-state index contributed by atoms with van der Waals surface area (Å²) in [5.41, 5.74) is -2.58. The molecule has 0 spiro atoms. The van der Waals surface area contributed by atoms with Crippen molar-refractivity contribution in [2.45, 2.75) is 15.3 Å². The fraction of sp³-hybridized carbons (Fsp3) is 0.133. The Kier molecular flexibility index (Phi) is 7.51. The third-order valence-electron chi connectivity index (χ3n) is 3.03. The van der Waals surface area contributed by atoms with E-state index >= 15 is 0 Å². The van der Waals surface area contributed by atoms with Gasteiger partial charge in [0, 0.05) is 9.92 Å². The average molecular weight is 491 g/mol. The monoisotopic (exact) mass is 490 g/mol. The van der Waals surface area contributed by atoms with Gasteiger partial charge in [-0.1, -0.05) is 23.2 Å². The van der Waals surface area contributed by atoms with Gasteiger partial charge in [0.1, 0.15) is 10.6 Å². The third kappa shape index (κ3) is 7.16. The number of sulfonamides is 1. The number of ether oxygens (including phenoxy) is 1. The van der Waals surface area contributed by atoms with Gasteiger partial charge in [-0.25, -0.2) is 8.42 Å². The van der Waals surface area contributed by atoms with E-state index in [4.69, 9.17) is 27.9 Å². The molecule has 29 heavy (non-hydrogen) atoms. The number of alkyl halides is 3. The summed E-state index contributed by atoms with van der Waals surface area (Å²) in [7, 11) is -4.40. The molecular weight excluding hydrogens is 480 g/mol. The lowest BCUT2D eigenvalue weighted by molar-refractivity contribution is -0.123. The van der Waals surface area contributed by atoms with Gasteiger partial charge in [0.05, 0.1) is 5.02 Å². The number of thioether (sulfide) groups is 1. The van der Waals surface area contributed by atoms with Crippen molar-refractivity contribution in [3.05, 3.63) is 46.4 Å². The predicted octanol–water partition coefficient (Wildman–Crippen LogP) is 3.70. The van der Waals surface area contributed by atoms with E-state index in [1.165, 1.54) is 12.1 Å². The van der Waals surface area contributed by atoms with Gasteiger partial charge >= 0.3 is 5.51 Å². The minimum absolute atomic E-state index is 0.0602. The lowest BCUT2D eigenvalue weighted by Crippen LogP contribution is -2.43. The van der Waals surface area contributed by atoms with Crippen LogP contribution in [-0.4, -0.2) is 31.5 Å². The number of rotatable bonds is 7. The van der Waals surface area contributed by atoms with E-state index in [9.17, 15) is 31.5 Å². The highest BCUT2D eigenvalue weighted by molar-refractivity contribution is 8.00. The zero-order chi connectivity index (χ0) is 21.8. The Morgan fingerprint density at radius 1 is 1.17 bits per heavy atom. The first-order chi connectivity index (χ1) is 13.4. The summed E-state index contributed by atoms with van der Waals surface area (Å²) >= 11 is 11.0. The second-order valence-electron chi connectivity index (χ2n) is 5.20. The zero-order valence-corrected chi connectivity index (χ0v) is 17.1. The van der Waals surface area contributed by atoms with Crippen molar-refractivity contribution in [3.8, 4) is 11.5 Å². The second kappa shape index (κ2) is 9.30. The molecule has 2 aromatic rings. The van der Waals surface area contributed by atoms with Crippen molar-refractivity contribution in [1.82, 2.24) is 10.3 Å². The number of benzene rings is 2. The lowest BCUT2D eigenvalue weighted by Gasteiger charge is -2.12. The van der Waals surface area contributed by atoms with E-state index in [1.54, 1.807) is 4.83 Å². The second-order valence-corrected chi connectivity index (χ2v) is 8.83. The molecule has 0 saturated heterocycles. The summed E-state index contributed by atoms with van der Waals surface area (Å²) < 4.78 is 66.1. The summed E-state index contributed by atoms with van der Waals surface area (Å²) in [6.07, 6.45) is 0. The van der Waals surface area contributed by atoms with Gasteiger partial charge in [-0.2, -0.15) is 13.2 Å². The predicted molar refractivity (Wildman–Crippen MR) is 100 cm³/mol. The molecule has 0 radical (unpaired) electrons. The maximum absolute atomic E-state index is 12.3. The SMILES string of the molecule is O=C(COc1ccc(SC(F)(F)F)cc1)NNS(=O)(=O)c1cc(Cl)cc(Cl)c1O. The van der Waals surface area contributed by atoms with Gasteiger partial charge in [0.2, 0.25) is 0 Å². The number of hydrazine groups is 1. The molecule has 1 amide bonds. The van der Waals surface area contributed by atoms with Crippen LogP contribution < -0.4 is 15.0 Å². The summed E-state index contributed by atoms with van der Waals surface area (Å²) in [4.78, 5) is 12.7. The number of phenols is 1. The van der Waals surface area contributed by atoms with Gasteiger partial charge in [-0.15, -0.1) is 4.83 Å². The average Bonchev–Trinajstić information content (AvgIpc) is 2.61. The summed E-state index contributed by atoms with van der Waals surface area (Å²) in [5, 5.41) is 9.38. The Bertz CT molecular complexity index is 1000. The highest BCUT2D eigenvalue weighted by Gasteiger charge is 2.29. The van der Waals surface area contributed by atoms with Crippen molar-refractivity contribution in [3.63, 3.8) is 0 Å². The maximum Gasteiger partial charge on any atom is 0.446 e. The highest BCUT2D eigenvalue weighted by Crippen LogP contribution is 2.37. The number of carbonyl (C=O) groups excluding carboxylic acids is 1. The van der Waals surface area contributed by atoms with Crippen molar-refractivity contribution >= 4 is 50.9 Å². The summed E-state index contributed by atoms with van der Waals surface area (Å²) in [5.74, 6) is -1.59. The number of aromatic hydroxyl groups is 1. The number of phenolic OH excluding ortho intramolecular Hbond substituents is 1. The molecule has 0 saturated carbocycles. The molecule has 7 nitrogen and oxygen atoms in total. The molecule has 2 aromatic carbocycles. The van der Waals surface area contributed by atoms with E-state index in [2.05, 4.69) is 0 Å². The number of hydrogen-bond donors (Lipinski definition) is 3. The summed E-state index contributed by atoms with van der Waals surface area (Å²) in [6, 6.07) is 6.80. The Hall–Kier alpha value is -1.86. The fourth-order valence-electron chi connectivity index (χ4n) is 1.85. The molecule has 0 aliphatic heterocycles. The summed E-state index contributed by atoms with van der Waals surface area (Å²) in [6.45, 7) is -0.642. The van der Waals surface area contributed by atoms with Crippen molar-refractivity contribution in [2.24, 2.45) is 0 Å². The van der Waals surface area contributed by atoms with Gasteiger partial charge in [-0.05, 0) is 48.2 Å². The van der Waals surface area contributed by atoms with Crippen LogP contribution >= 0.6 is 35.0 Å². The first kappa shape index (κ1) is 23.4. The molecule has 2 rings (SSSR count). The number of amides is 1. The molecule has 0 unspecified atom stereocenters. The van der Waals surface area contributed by atoms with Crippen molar-refractivity contribution < 1.29 is 36.2 Å². The molecular formula is C15H11Cl2F3N2O5S2. The van der Waals surface area contributed by atoms with E-state index in [0.717, 1.165) is 24.3 Å². The highest BCUT2D eigenvalue weighted by atomic mass is 35.5. The zero-order valence-electron chi connectivity index (χ0n) is 14.0. The first-order valence-corrected chi connectivity index (χ1v) is 10.4. The van der Waals surface area contributed by atoms with Crippen LogP contribution in [-0.2, 0) is 14.8 Å². The minimum atomic E-state index is -4.43. The molecule has 0 heterocycles. The fourth-order valence-corrected chi connectivity index (χ4v) is 4.01. The Balaban J connectivity index is 1.91. The van der Waals surface area contributed by atoms with Crippen LogP contribution in [0.2, 0.25) is 10.0 Å². The minimum Gasteiger partial charge on any atom is -0.505 e. The molecule has 158 valence electrons. The Morgan fingerprint density at radius 3 is 2.38 bits per heavy atom. The van der Waals surface area contributed by atoms with E-state index < -0.39 is 38.7 Å². The van der Waals surface area contributed by atoms with Gasteiger partial charge in [0.15, 0.2) is 12.4 Å².